The molecule has 2 heterocycles. The number of nitrogens with one attached hydrogen (secondary N) is 1. The second kappa shape index (κ2) is 13.4. The van der Waals surface area contributed by atoms with Crippen LogP contribution < -0.4 is 5.32 Å². The number of hydrogen-bond donors (Lipinski definition) is 1. The summed E-state index contributed by atoms with van der Waals surface area (Å²) in [4.78, 5) is 0. The van der Waals surface area contributed by atoms with E-state index in [2.05, 4.69) is 11.9 Å². The Balaban J connectivity index is 1.63. The van der Waals surface area contributed by atoms with Crippen LogP contribution in [0.15, 0.2) is 73.3 Å². The molecule has 13 heteroatoms. The molecule has 208 valence electrons. The predicted octanol–water partition coefficient (Wildman–Crippen LogP) is 4.20. The van der Waals surface area contributed by atoms with Gasteiger partial charge in [-0.3, -0.25) is 0 Å². The quantitative estimate of drug-likeness (QED) is 0.297. The van der Waals surface area contributed by atoms with Gasteiger partial charge >= 0.3 is 10.4 Å². The van der Waals surface area contributed by atoms with Crippen LogP contribution in [0.1, 0.15) is 17.4 Å². The molecule has 0 spiro atoms. The molecule has 0 saturated carbocycles. The summed E-state index contributed by atoms with van der Waals surface area (Å²) in [7, 11) is -4.65. The highest BCUT2D eigenvalue weighted by atomic mass is 35.6. The van der Waals surface area contributed by atoms with Gasteiger partial charge in [0.2, 0.25) is 3.79 Å². The standard InChI is InChI=1S/C25H28Cl3NO8S/c1-2-13-32-24-20(29-14-17-9-5-3-6-10-17)22(37-38(30,31)34-16-25(26,27)28)21-19(35-24)15-33-23(36-21)18-11-7-4-8-12-18/h2-12,19-24,29H,1,13-16H2/t19-,20-,21-,22-,23?,24+/m1/s1. The number of halogens is 3. The van der Waals surface area contributed by atoms with Gasteiger partial charge in [-0.15, -0.1) is 6.58 Å². The number of rotatable bonds is 11. The second-order valence-electron chi connectivity index (χ2n) is 8.58. The third-order valence-corrected chi connectivity index (χ3v) is 6.96. The lowest BCUT2D eigenvalue weighted by Gasteiger charge is -2.48. The van der Waals surface area contributed by atoms with Crippen molar-refractivity contribution in [2.45, 2.75) is 47.3 Å². The summed E-state index contributed by atoms with van der Waals surface area (Å²) in [6.07, 6.45) is -2.93. The third-order valence-electron chi connectivity index (χ3n) is 5.77. The number of ether oxygens (including phenoxy) is 4. The second-order valence-corrected chi connectivity index (χ2v) is 12.3. The van der Waals surface area contributed by atoms with Gasteiger partial charge in [-0.1, -0.05) is 102 Å². The fourth-order valence-electron chi connectivity index (χ4n) is 4.12. The molecule has 0 bridgehead atoms. The Morgan fingerprint density at radius 1 is 1.05 bits per heavy atom. The van der Waals surface area contributed by atoms with Crippen LogP contribution in [0.5, 0.6) is 0 Å². The van der Waals surface area contributed by atoms with Crippen LogP contribution in [-0.2, 0) is 44.3 Å². The van der Waals surface area contributed by atoms with E-state index in [1.165, 1.54) is 0 Å². The molecule has 2 aromatic carbocycles. The monoisotopic (exact) mass is 607 g/mol. The Bertz CT molecular complexity index is 1140. The van der Waals surface area contributed by atoms with Gasteiger partial charge < -0.3 is 24.3 Å². The first-order valence-electron chi connectivity index (χ1n) is 11.8. The Morgan fingerprint density at radius 2 is 1.74 bits per heavy atom. The highest BCUT2D eigenvalue weighted by Crippen LogP contribution is 2.37. The molecule has 38 heavy (non-hydrogen) atoms. The van der Waals surface area contributed by atoms with Gasteiger partial charge in [-0.25, -0.2) is 8.37 Å². The van der Waals surface area contributed by atoms with Crippen molar-refractivity contribution in [1.29, 1.82) is 0 Å². The van der Waals surface area contributed by atoms with Crippen molar-refractivity contribution in [2.75, 3.05) is 19.8 Å². The zero-order chi connectivity index (χ0) is 27.2. The Kier molecular flexibility index (Phi) is 10.5. The van der Waals surface area contributed by atoms with Crippen LogP contribution in [-0.4, -0.2) is 62.7 Å². The lowest BCUT2D eigenvalue weighted by atomic mass is 9.95. The van der Waals surface area contributed by atoms with Crippen LogP contribution in [0.3, 0.4) is 0 Å². The predicted molar refractivity (Wildman–Crippen MR) is 142 cm³/mol. The molecule has 2 aromatic rings. The largest absolute Gasteiger partial charge is 0.400 e. The van der Waals surface area contributed by atoms with Crippen LogP contribution in [0, 0.1) is 0 Å². The SMILES string of the molecule is C=CCO[C@H]1O[C@@H]2COC(c3ccccc3)O[C@H]2[C@H](OS(=O)(=O)OCC(Cl)(Cl)Cl)[C@H]1NCc1ccccc1. The van der Waals surface area contributed by atoms with Crippen LogP contribution in [0.25, 0.3) is 0 Å². The summed E-state index contributed by atoms with van der Waals surface area (Å²) < 4.78 is 58.4. The molecule has 1 unspecified atom stereocenters. The summed E-state index contributed by atoms with van der Waals surface area (Å²) in [5, 5.41) is 3.30. The molecule has 0 aromatic heterocycles. The lowest BCUT2D eigenvalue weighted by Crippen LogP contribution is -2.67. The third kappa shape index (κ3) is 8.36. The van der Waals surface area contributed by atoms with Gasteiger partial charge in [0.05, 0.1) is 19.3 Å². The van der Waals surface area contributed by atoms with E-state index in [-0.39, 0.29) is 13.2 Å². The molecule has 4 rings (SSSR count). The molecule has 2 aliphatic heterocycles. The number of fused-ring (bicyclic) bond motifs is 1. The summed E-state index contributed by atoms with van der Waals surface area (Å²) in [5.41, 5.74) is 1.69. The van der Waals surface area contributed by atoms with Gasteiger partial charge in [-0.05, 0) is 5.56 Å². The first-order chi connectivity index (χ1) is 18.1. The van der Waals surface area contributed by atoms with E-state index in [9.17, 15) is 8.42 Å². The van der Waals surface area contributed by atoms with E-state index < -0.39 is 57.7 Å². The fourth-order valence-corrected chi connectivity index (χ4v) is 5.36. The Labute approximate surface area is 237 Å². The highest BCUT2D eigenvalue weighted by molar-refractivity contribution is 7.81. The smallest absolute Gasteiger partial charge is 0.347 e. The van der Waals surface area contributed by atoms with Gasteiger partial charge in [0.15, 0.2) is 12.6 Å². The fraction of sp³-hybridized carbons (Fsp3) is 0.440. The molecule has 2 saturated heterocycles. The van der Waals surface area contributed by atoms with Crippen molar-refractivity contribution in [3.05, 3.63) is 84.4 Å². The van der Waals surface area contributed by atoms with E-state index in [0.29, 0.717) is 6.54 Å². The molecule has 6 atom stereocenters. The van der Waals surface area contributed by atoms with Gasteiger partial charge in [-0.2, -0.15) is 8.42 Å². The van der Waals surface area contributed by atoms with Gasteiger partial charge in [0.1, 0.15) is 24.9 Å². The van der Waals surface area contributed by atoms with Crippen molar-refractivity contribution in [3.63, 3.8) is 0 Å². The van der Waals surface area contributed by atoms with Crippen molar-refractivity contribution in [1.82, 2.24) is 5.32 Å². The maximum absolute atomic E-state index is 12.9. The molecule has 9 nitrogen and oxygen atoms in total. The van der Waals surface area contributed by atoms with Gasteiger partial charge in [0, 0.05) is 12.1 Å². The summed E-state index contributed by atoms with van der Waals surface area (Å²) in [6.45, 7) is 3.53. The Hall–Kier alpha value is -1.28. The lowest BCUT2D eigenvalue weighted by molar-refractivity contribution is -0.340. The summed E-state index contributed by atoms with van der Waals surface area (Å²) in [5.74, 6) is 0. The minimum absolute atomic E-state index is 0.0957. The zero-order valence-corrected chi connectivity index (χ0v) is 23.2. The number of hydrogen-bond acceptors (Lipinski definition) is 9. The van der Waals surface area contributed by atoms with E-state index in [4.69, 9.17) is 62.1 Å². The minimum atomic E-state index is -4.65. The average molecular weight is 609 g/mol. The van der Waals surface area contributed by atoms with E-state index >= 15 is 0 Å². The highest BCUT2D eigenvalue weighted by Gasteiger charge is 2.53. The van der Waals surface area contributed by atoms with Crippen LogP contribution in [0.2, 0.25) is 0 Å². The van der Waals surface area contributed by atoms with Crippen molar-refractivity contribution in [2.24, 2.45) is 0 Å². The maximum atomic E-state index is 12.9. The molecule has 0 aliphatic carbocycles. The molecule has 1 N–H and O–H groups in total. The molecule has 2 aliphatic rings. The van der Waals surface area contributed by atoms with Crippen LogP contribution in [0.4, 0.5) is 0 Å². The van der Waals surface area contributed by atoms with E-state index in [1.54, 1.807) is 6.08 Å². The van der Waals surface area contributed by atoms with Crippen molar-refractivity contribution < 1.29 is 35.7 Å². The molecular formula is C25H28Cl3NO8S. The maximum Gasteiger partial charge on any atom is 0.400 e. The molecule has 0 radical (unpaired) electrons. The molecule has 2 fully saturated rings. The first kappa shape index (κ1) is 29.7. The van der Waals surface area contributed by atoms with E-state index in [0.717, 1.165) is 11.1 Å². The summed E-state index contributed by atoms with van der Waals surface area (Å²) in [6, 6.07) is 17.9. The van der Waals surface area contributed by atoms with Crippen LogP contribution >= 0.6 is 34.8 Å². The minimum Gasteiger partial charge on any atom is -0.347 e. The topological polar surface area (TPSA) is 102 Å². The molecular weight excluding hydrogens is 581 g/mol. The first-order valence-corrected chi connectivity index (χ1v) is 14.2. The average Bonchev–Trinajstić information content (AvgIpc) is 2.90. The molecule has 0 amide bonds. The zero-order valence-electron chi connectivity index (χ0n) is 20.2. The van der Waals surface area contributed by atoms with E-state index in [1.807, 2.05) is 60.7 Å². The number of benzene rings is 2. The van der Waals surface area contributed by atoms with Gasteiger partial charge in [0.25, 0.3) is 0 Å². The normalized spacial score (nSPS) is 28.0. The number of alkyl halides is 3. The van der Waals surface area contributed by atoms with Crippen molar-refractivity contribution >= 4 is 45.2 Å². The summed E-state index contributed by atoms with van der Waals surface area (Å²) >= 11 is 17.1. The Morgan fingerprint density at radius 3 is 2.39 bits per heavy atom. The van der Waals surface area contributed by atoms with Crippen molar-refractivity contribution in [3.8, 4) is 0 Å².